The number of nitrogens with zero attached hydrogens (tertiary/aromatic N) is 1. The van der Waals surface area contributed by atoms with E-state index < -0.39 is 18.2 Å². The van der Waals surface area contributed by atoms with Crippen LogP contribution in [0.1, 0.15) is 20.3 Å². The first-order chi connectivity index (χ1) is 13.4. The Labute approximate surface area is 165 Å². The van der Waals surface area contributed by atoms with Gasteiger partial charge in [0, 0.05) is 0 Å². The summed E-state index contributed by atoms with van der Waals surface area (Å²) >= 11 is 0. The van der Waals surface area contributed by atoms with Crippen molar-refractivity contribution in [2.45, 2.75) is 32.4 Å². The summed E-state index contributed by atoms with van der Waals surface area (Å²) in [7, 11) is 0. The molecule has 0 radical (unpaired) electrons. The number of aliphatic hydroxyl groups excluding tert-OH is 1. The fourth-order valence-corrected chi connectivity index (χ4v) is 3.21. The maximum absolute atomic E-state index is 12.3. The first-order valence-electron chi connectivity index (χ1n) is 9.52. The van der Waals surface area contributed by atoms with E-state index >= 15 is 0 Å². The van der Waals surface area contributed by atoms with Crippen LogP contribution >= 0.6 is 0 Å². The molecule has 3 amide bonds. The first kappa shape index (κ1) is 19.9. The molecule has 0 bridgehead atoms. The highest BCUT2D eigenvalue weighted by Crippen LogP contribution is 2.22. The average Bonchev–Trinajstić information content (AvgIpc) is 2.94. The Morgan fingerprint density at radius 3 is 2.32 bits per heavy atom. The number of hydrogen-bond donors (Lipinski definition) is 2. The molecule has 6 heteroatoms. The van der Waals surface area contributed by atoms with E-state index in [-0.39, 0.29) is 19.1 Å². The maximum Gasteiger partial charge on any atom is 0.324 e. The zero-order valence-corrected chi connectivity index (χ0v) is 16.2. The molecule has 2 N–H and O–H groups in total. The van der Waals surface area contributed by atoms with Crippen molar-refractivity contribution in [3.63, 3.8) is 0 Å². The Morgan fingerprint density at radius 1 is 1.04 bits per heavy atom. The molecule has 2 atom stereocenters. The highest BCUT2D eigenvalue weighted by Gasteiger charge is 2.38. The predicted molar refractivity (Wildman–Crippen MR) is 107 cm³/mol. The van der Waals surface area contributed by atoms with Crippen molar-refractivity contribution >= 4 is 11.9 Å². The molecule has 2 unspecified atom stereocenters. The average molecular weight is 382 g/mol. The summed E-state index contributed by atoms with van der Waals surface area (Å²) in [6, 6.07) is 16.6. The number of carbonyl (C=O) groups is 2. The van der Waals surface area contributed by atoms with Crippen LogP contribution < -0.4 is 10.1 Å². The SMILES string of the molecule is CC(C)CC1NC(=O)N(CC(O)COc2ccc(-c3ccccc3)cc2)C1=O. The van der Waals surface area contributed by atoms with Crippen molar-refractivity contribution in [1.29, 1.82) is 0 Å². The van der Waals surface area contributed by atoms with E-state index in [1.807, 2.05) is 68.4 Å². The number of carbonyl (C=O) groups excluding carboxylic acids is 2. The normalized spacial score (nSPS) is 17.7. The van der Waals surface area contributed by atoms with Gasteiger partial charge in [-0.2, -0.15) is 0 Å². The van der Waals surface area contributed by atoms with Gasteiger partial charge in [-0.1, -0.05) is 56.3 Å². The summed E-state index contributed by atoms with van der Waals surface area (Å²) in [5, 5.41) is 12.9. The number of β-amino-alcohol motifs (C(OH)–C–C–N with tert-alkyl or cyclic N) is 1. The zero-order chi connectivity index (χ0) is 20.1. The second kappa shape index (κ2) is 8.89. The van der Waals surface area contributed by atoms with Crippen molar-refractivity contribution < 1.29 is 19.4 Å². The number of rotatable bonds is 8. The molecule has 2 aromatic rings. The van der Waals surface area contributed by atoms with Crippen molar-refractivity contribution in [3.8, 4) is 16.9 Å². The number of imide groups is 1. The summed E-state index contributed by atoms with van der Waals surface area (Å²) < 4.78 is 5.61. The minimum Gasteiger partial charge on any atom is -0.491 e. The minimum absolute atomic E-state index is 0.00338. The molecule has 1 heterocycles. The third-order valence-corrected chi connectivity index (χ3v) is 4.61. The van der Waals surface area contributed by atoms with E-state index in [2.05, 4.69) is 5.32 Å². The highest BCUT2D eigenvalue weighted by molar-refractivity contribution is 6.04. The third-order valence-electron chi connectivity index (χ3n) is 4.61. The lowest BCUT2D eigenvalue weighted by atomic mass is 10.0. The maximum atomic E-state index is 12.3. The number of ether oxygens (including phenoxy) is 1. The molecule has 6 nitrogen and oxygen atoms in total. The monoisotopic (exact) mass is 382 g/mol. The molecule has 1 aliphatic heterocycles. The number of urea groups is 1. The van der Waals surface area contributed by atoms with Crippen LogP contribution in [0.3, 0.4) is 0 Å². The molecule has 3 rings (SSSR count). The van der Waals surface area contributed by atoms with Gasteiger partial charge in [0.05, 0.1) is 6.54 Å². The number of nitrogens with one attached hydrogen (secondary N) is 1. The summed E-state index contributed by atoms with van der Waals surface area (Å²) in [6.45, 7) is 3.90. The molecule has 148 valence electrons. The van der Waals surface area contributed by atoms with Crippen molar-refractivity contribution in [3.05, 3.63) is 54.6 Å². The van der Waals surface area contributed by atoms with E-state index in [4.69, 9.17) is 4.74 Å². The molecular weight excluding hydrogens is 356 g/mol. The highest BCUT2D eigenvalue weighted by atomic mass is 16.5. The summed E-state index contributed by atoms with van der Waals surface area (Å²) in [5.41, 5.74) is 2.19. The fourth-order valence-electron chi connectivity index (χ4n) is 3.21. The van der Waals surface area contributed by atoms with Crippen molar-refractivity contribution in [1.82, 2.24) is 10.2 Å². The smallest absolute Gasteiger partial charge is 0.324 e. The molecule has 28 heavy (non-hydrogen) atoms. The molecule has 2 aromatic carbocycles. The lowest BCUT2D eigenvalue weighted by Crippen LogP contribution is -2.40. The number of benzene rings is 2. The van der Waals surface area contributed by atoms with Crippen LogP contribution in [0.15, 0.2) is 54.6 Å². The van der Waals surface area contributed by atoms with Gasteiger partial charge in [0.25, 0.3) is 5.91 Å². The van der Waals surface area contributed by atoms with Crippen LogP contribution in [-0.4, -0.2) is 47.2 Å². The summed E-state index contributed by atoms with van der Waals surface area (Å²) in [5.74, 6) is 0.625. The van der Waals surface area contributed by atoms with Gasteiger partial charge in [-0.05, 0) is 35.6 Å². The Morgan fingerprint density at radius 2 is 1.68 bits per heavy atom. The number of hydrogen-bond acceptors (Lipinski definition) is 4. The molecular formula is C22H26N2O4. The largest absolute Gasteiger partial charge is 0.491 e. The lowest BCUT2D eigenvalue weighted by molar-refractivity contribution is -0.128. The molecule has 1 fully saturated rings. The van der Waals surface area contributed by atoms with Gasteiger partial charge in [0.1, 0.15) is 24.5 Å². The van der Waals surface area contributed by atoms with Gasteiger partial charge < -0.3 is 15.2 Å². The van der Waals surface area contributed by atoms with Crippen molar-refractivity contribution in [2.75, 3.05) is 13.2 Å². The minimum atomic E-state index is -0.957. The second-order valence-electron chi connectivity index (χ2n) is 7.44. The van der Waals surface area contributed by atoms with Crippen LogP contribution in [0.4, 0.5) is 4.79 Å². The van der Waals surface area contributed by atoms with Gasteiger partial charge in [0.15, 0.2) is 0 Å². The van der Waals surface area contributed by atoms with E-state index in [0.717, 1.165) is 16.0 Å². The number of amides is 3. The quantitative estimate of drug-likeness (QED) is 0.688. The summed E-state index contributed by atoms with van der Waals surface area (Å²) in [6.07, 6.45) is -0.372. The van der Waals surface area contributed by atoms with Gasteiger partial charge in [0.2, 0.25) is 0 Å². The first-order valence-corrected chi connectivity index (χ1v) is 9.52. The van der Waals surface area contributed by atoms with Gasteiger partial charge in [-0.25, -0.2) is 4.79 Å². The Kier molecular flexibility index (Phi) is 6.31. The summed E-state index contributed by atoms with van der Waals surface area (Å²) in [4.78, 5) is 25.4. The van der Waals surface area contributed by atoms with E-state index in [0.29, 0.717) is 18.1 Å². The van der Waals surface area contributed by atoms with Gasteiger partial charge >= 0.3 is 6.03 Å². The van der Waals surface area contributed by atoms with Crippen molar-refractivity contribution in [2.24, 2.45) is 5.92 Å². The zero-order valence-electron chi connectivity index (χ0n) is 16.2. The molecule has 1 saturated heterocycles. The van der Waals surface area contributed by atoms with Crippen LogP contribution in [-0.2, 0) is 4.79 Å². The van der Waals surface area contributed by atoms with Crippen LogP contribution in [0, 0.1) is 5.92 Å². The Bertz CT molecular complexity index is 805. The lowest BCUT2D eigenvalue weighted by Gasteiger charge is -2.18. The molecule has 0 aliphatic carbocycles. The van der Waals surface area contributed by atoms with Gasteiger partial charge in [-0.3, -0.25) is 9.69 Å². The number of aliphatic hydroxyl groups is 1. The topological polar surface area (TPSA) is 78.9 Å². The molecule has 1 aliphatic rings. The van der Waals surface area contributed by atoms with E-state index in [1.165, 1.54) is 0 Å². The fraction of sp³-hybridized carbons (Fsp3) is 0.364. The Hall–Kier alpha value is -2.86. The molecule has 0 saturated carbocycles. The van der Waals surface area contributed by atoms with Crippen LogP contribution in [0.25, 0.3) is 11.1 Å². The molecule has 0 aromatic heterocycles. The van der Waals surface area contributed by atoms with Gasteiger partial charge in [-0.15, -0.1) is 0 Å². The Balaban J connectivity index is 1.51. The van der Waals surface area contributed by atoms with Crippen LogP contribution in [0.5, 0.6) is 5.75 Å². The third kappa shape index (κ3) is 4.89. The van der Waals surface area contributed by atoms with E-state index in [1.54, 1.807) is 0 Å². The molecule has 0 spiro atoms. The van der Waals surface area contributed by atoms with E-state index in [9.17, 15) is 14.7 Å². The van der Waals surface area contributed by atoms with Crippen LogP contribution in [0.2, 0.25) is 0 Å². The predicted octanol–water partition coefficient (Wildman–Crippen LogP) is 3.06. The standard InChI is InChI=1S/C22H26N2O4/c1-15(2)12-20-21(26)24(22(27)23-20)13-18(25)14-28-19-10-8-17(9-11-19)16-6-4-3-5-7-16/h3-11,15,18,20,25H,12-14H2,1-2H3,(H,23,27). The second-order valence-corrected chi connectivity index (χ2v) is 7.44.